The fraction of sp³-hybridized carbons (Fsp3) is 0.364. The van der Waals surface area contributed by atoms with Crippen LogP contribution in [0.1, 0.15) is 37.5 Å². The lowest BCUT2D eigenvalue weighted by atomic mass is 9.87. The van der Waals surface area contributed by atoms with Crippen molar-refractivity contribution in [1.29, 1.82) is 0 Å². The molecule has 0 spiro atoms. The molecular formula is C22H26. The summed E-state index contributed by atoms with van der Waals surface area (Å²) in [6.45, 7) is 12.8. The Hall–Kier alpha value is -2.00. The fourth-order valence-electron chi connectivity index (χ4n) is 2.75. The number of allylic oxidation sites excluding steroid dienone is 5. The normalized spacial score (nSPS) is 20.3. The Kier molecular flexibility index (Phi) is 5.45. The van der Waals surface area contributed by atoms with Crippen LogP contribution in [-0.2, 0) is 6.42 Å². The molecule has 2 rings (SSSR count). The van der Waals surface area contributed by atoms with Gasteiger partial charge in [0.05, 0.1) is 0 Å². The van der Waals surface area contributed by atoms with E-state index in [1.807, 2.05) is 6.08 Å². The van der Waals surface area contributed by atoms with E-state index in [1.165, 1.54) is 11.1 Å². The van der Waals surface area contributed by atoms with Gasteiger partial charge in [0, 0.05) is 17.1 Å². The van der Waals surface area contributed by atoms with Crippen LogP contribution < -0.4 is 0 Å². The summed E-state index contributed by atoms with van der Waals surface area (Å²) < 4.78 is 0. The molecule has 0 aromatic heterocycles. The maximum absolute atomic E-state index is 3.91. The predicted octanol–water partition coefficient (Wildman–Crippen LogP) is 5.48. The first-order chi connectivity index (χ1) is 10.5. The lowest BCUT2D eigenvalue weighted by Gasteiger charge is -2.17. The maximum Gasteiger partial charge on any atom is 0.0251 e. The average molecular weight is 290 g/mol. The van der Waals surface area contributed by atoms with Gasteiger partial charge >= 0.3 is 0 Å². The van der Waals surface area contributed by atoms with E-state index in [1.54, 1.807) is 0 Å². The molecule has 1 aliphatic carbocycles. The SMILES string of the molecule is C=CC1C=C(C#Cc2ccc(CC(C)C)c(C)c2)C=CC1C. The Morgan fingerprint density at radius 1 is 1.27 bits per heavy atom. The van der Waals surface area contributed by atoms with Gasteiger partial charge in [0.2, 0.25) is 0 Å². The molecule has 0 heteroatoms. The highest BCUT2D eigenvalue weighted by molar-refractivity contribution is 5.48. The number of benzene rings is 1. The molecule has 2 atom stereocenters. The van der Waals surface area contributed by atoms with E-state index in [2.05, 4.69) is 82.5 Å². The highest BCUT2D eigenvalue weighted by atomic mass is 14.2. The summed E-state index contributed by atoms with van der Waals surface area (Å²) in [5, 5.41) is 0. The van der Waals surface area contributed by atoms with Crippen molar-refractivity contribution in [1.82, 2.24) is 0 Å². The summed E-state index contributed by atoms with van der Waals surface area (Å²) in [6, 6.07) is 6.56. The van der Waals surface area contributed by atoms with Crippen molar-refractivity contribution in [3.63, 3.8) is 0 Å². The van der Waals surface area contributed by atoms with Crippen molar-refractivity contribution in [2.45, 2.75) is 34.1 Å². The Morgan fingerprint density at radius 2 is 2.05 bits per heavy atom. The molecule has 114 valence electrons. The van der Waals surface area contributed by atoms with Crippen LogP contribution in [0.15, 0.2) is 54.7 Å². The Morgan fingerprint density at radius 3 is 2.68 bits per heavy atom. The lowest BCUT2D eigenvalue weighted by Crippen LogP contribution is -2.07. The molecule has 1 aromatic rings. The van der Waals surface area contributed by atoms with Crippen LogP contribution in [0.5, 0.6) is 0 Å². The lowest BCUT2D eigenvalue weighted by molar-refractivity contribution is 0.604. The highest BCUT2D eigenvalue weighted by Gasteiger charge is 2.12. The van der Waals surface area contributed by atoms with Gasteiger partial charge in [-0.1, -0.05) is 63.0 Å². The zero-order valence-electron chi connectivity index (χ0n) is 14.2. The minimum Gasteiger partial charge on any atom is -0.102 e. The van der Waals surface area contributed by atoms with E-state index in [4.69, 9.17) is 0 Å². The van der Waals surface area contributed by atoms with Crippen LogP contribution in [0.2, 0.25) is 0 Å². The second kappa shape index (κ2) is 7.32. The van der Waals surface area contributed by atoms with Gasteiger partial charge in [-0.25, -0.2) is 0 Å². The third kappa shape index (κ3) is 4.25. The predicted molar refractivity (Wildman–Crippen MR) is 96.7 cm³/mol. The Balaban J connectivity index is 2.17. The minimum absolute atomic E-state index is 0.393. The molecule has 1 aromatic carbocycles. The topological polar surface area (TPSA) is 0 Å². The van der Waals surface area contributed by atoms with E-state index in [-0.39, 0.29) is 0 Å². The standard InChI is InChI=1S/C22H26/c1-6-21-15-20(8-7-17(21)4)10-9-19-11-12-22(13-16(2)3)18(5)14-19/h6-8,11-12,14-17,21H,1,13H2,2-5H3. The summed E-state index contributed by atoms with van der Waals surface area (Å²) in [5.41, 5.74) is 4.95. The largest absolute Gasteiger partial charge is 0.102 e. The zero-order valence-corrected chi connectivity index (χ0v) is 14.2. The van der Waals surface area contributed by atoms with Gasteiger partial charge in [-0.15, -0.1) is 6.58 Å². The molecule has 0 amide bonds. The van der Waals surface area contributed by atoms with E-state index in [9.17, 15) is 0 Å². The van der Waals surface area contributed by atoms with Gasteiger partial charge in [0.1, 0.15) is 0 Å². The Bertz CT molecular complexity index is 659. The number of hydrogen-bond donors (Lipinski definition) is 0. The number of aryl methyl sites for hydroxylation is 1. The van der Waals surface area contributed by atoms with Crippen LogP contribution in [0.3, 0.4) is 0 Å². The summed E-state index contributed by atoms with van der Waals surface area (Å²) in [6.07, 6.45) is 9.68. The van der Waals surface area contributed by atoms with Crippen molar-refractivity contribution in [2.24, 2.45) is 17.8 Å². The van der Waals surface area contributed by atoms with Crippen molar-refractivity contribution >= 4 is 0 Å². The first-order valence-electron chi connectivity index (χ1n) is 8.13. The molecule has 0 heterocycles. The van der Waals surface area contributed by atoms with E-state index in [0.717, 1.165) is 17.6 Å². The number of hydrogen-bond acceptors (Lipinski definition) is 0. The van der Waals surface area contributed by atoms with Crippen LogP contribution in [-0.4, -0.2) is 0 Å². The summed E-state index contributed by atoms with van der Waals surface area (Å²) in [4.78, 5) is 0. The fourth-order valence-corrected chi connectivity index (χ4v) is 2.75. The van der Waals surface area contributed by atoms with E-state index < -0.39 is 0 Å². The molecular weight excluding hydrogens is 264 g/mol. The molecule has 0 N–H and O–H groups in total. The molecule has 0 saturated carbocycles. The van der Waals surface area contributed by atoms with Crippen molar-refractivity contribution < 1.29 is 0 Å². The molecule has 0 bridgehead atoms. The monoisotopic (exact) mass is 290 g/mol. The second-order valence-corrected chi connectivity index (χ2v) is 6.64. The van der Waals surface area contributed by atoms with Crippen molar-refractivity contribution in [3.8, 4) is 11.8 Å². The van der Waals surface area contributed by atoms with Gasteiger partial charge in [-0.3, -0.25) is 0 Å². The smallest absolute Gasteiger partial charge is 0.0251 e. The van der Waals surface area contributed by atoms with Crippen molar-refractivity contribution in [2.75, 3.05) is 0 Å². The quantitative estimate of drug-likeness (QED) is 0.511. The van der Waals surface area contributed by atoms with Crippen LogP contribution in [0.4, 0.5) is 0 Å². The van der Waals surface area contributed by atoms with Crippen LogP contribution >= 0.6 is 0 Å². The minimum atomic E-state index is 0.393. The average Bonchev–Trinajstić information content (AvgIpc) is 2.48. The third-order valence-corrected chi connectivity index (χ3v) is 4.15. The molecule has 0 saturated heterocycles. The van der Waals surface area contributed by atoms with Gasteiger partial charge < -0.3 is 0 Å². The maximum atomic E-state index is 3.91. The molecule has 0 nitrogen and oxygen atoms in total. The molecule has 1 aliphatic rings. The molecule has 22 heavy (non-hydrogen) atoms. The summed E-state index contributed by atoms with van der Waals surface area (Å²) >= 11 is 0. The highest BCUT2D eigenvalue weighted by Crippen LogP contribution is 2.23. The molecule has 0 fully saturated rings. The molecule has 0 aliphatic heterocycles. The van der Waals surface area contributed by atoms with E-state index in [0.29, 0.717) is 17.8 Å². The first-order valence-corrected chi connectivity index (χ1v) is 8.13. The van der Waals surface area contributed by atoms with Gasteiger partial charge in [0.25, 0.3) is 0 Å². The first kappa shape index (κ1) is 16.4. The van der Waals surface area contributed by atoms with Gasteiger partial charge in [0.15, 0.2) is 0 Å². The third-order valence-electron chi connectivity index (χ3n) is 4.15. The van der Waals surface area contributed by atoms with Gasteiger partial charge in [-0.05, 0) is 48.4 Å². The summed E-state index contributed by atoms with van der Waals surface area (Å²) in [7, 11) is 0. The number of rotatable bonds is 3. The second-order valence-electron chi connectivity index (χ2n) is 6.64. The summed E-state index contributed by atoms with van der Waals surface area (Å²) in [5.74, 6) is 8.17. The molecule has 2 unspecified atom stereocenters. The van der Waals surface area contributed by atoms with Crippen molar-refractivity contribution in [3.05, 3.63) is 71.3 Å². The van der Waals surface area contributed by atoms with Gasteiger partial charge in [-0.2, -0.15) is 0 Å². The van der Waals surface area contributed by atoms with Crippen LogP contribution in [0.25, 0.3) is 0 Å². The molecule has 0 radical (unpaired) electrons. The Labute approximate surface area is 135 Å². The van der Waals surface area contributed by atoms with Crippen LogP contribution in [0, 0.1) is 36.5 Å². The zero-order chi connectivity index (χ0) is 16.1. The van der Waals surface area contributed by atoms with E-state index >= 15 is 0 Å².